The molecule has 10 heteroatoms. The van der Waals surface area contributed by atoms with Crippen LogP contribution in [0.25, 0.3) is 10.7 Å². The van der Waals surface area contributed by atoms with Gasteiger partial charge in [0.15, 0.2) is 0 Å². The van der Waals surface area contributed by atoms with E-state index in [2.05, 4.69) is 15.5 Å². The number of hydrogen-bond acceptors (Lipinski definition) is 7. The minimum atomic E-state index is 0. The van der Waals surface area contributed by atoms with E-state index in [-0.39, 0.29) is 30.3 Å². The van der Waals surface area contributed by atoms with Crippen LogP contribution in [0, 0.1) is 0 Å². The fraction of sp³-hybridized carbons (Fsp3) is 0.556. The van der Waals surface area contributed by atoms with E-state index in [1.807, 2.05) is 27.3 Å². The number of carbonyl (C=O) groups excluding carboxylic acids is 2. The fourth-order valence-electron chi connectivity index (χ4n) is 3.68. The van der Waals surface area contributed by atoms with E-state index in [0.717, 1.165) is 37.4 Å². The van der Waals surface area contributed by atoms with Crippen LogP contribution in [0.4, 0.5) is 0 Å². The Morgan fingerprint density at radius 2 is 2.29 bits per heavy atom. The van der Waals surface area contributed by atoms with Gasteiger partial charge in [-0.2, -0.15) is 4.98 Å². The Kier molecular flexibility index (Phi) is 7.03. The number of amides is 2. The first kappa shape index (κ1) is 20.8. The van der Waals surface area contributed by atoms with Crippen molar-refractivity contribution < 1.29 is 14.1 Å². The minimum absolute atomic E-state index is 0. The molecule has 2 amide bonds. The molecule has 2 aliphatic rings. The second-order valence-corrected chi connectivity index (χ2v) is 7.84. The molecule has 1 N–H and O–H groups in total. The van der Waals surface area contributed by atoms with E-state index < -0.39 is 0 Å². The lowest BCUT2D eigenvalue weighted by Gasteiger charge is -2.41. The van der Waals surface area contributed by atoms with E-state index in [1.54, 1.807) is 11.3 Å². The predicted molar refractivity (Wildman–Crippen MR) is 107 cm³/mol. The van der Waals surface area contributed by atoms with Gasteiger partial charge in [-0.1, -0.05) is 11.2 Å². The van der Waals surface area contributed by atoms with Crippen molar-refractivity contribution in [2.45, 2.75) is 31.7 Å². The van der Waals surface area contributed by atoms with E-state index in [4.69, 9.17) is 4.52 Å². The maximum absolute atomic E-state index is 12.6. The van der Waals surface area contributed by atoms with Crippen molar-refractivity contribution in [1.82, 2.24) is 25.3 Å². The van der Waals surface area contributed by atoms with Gasteiger partial charge in [-0.15, -0.1) is 23.7 Å². The van der Waals surface area contributed by atoms with Gasteiger partial charge in [0.25, 0.3) is 0 Å². The summed E-state index contributed by atoms with van der Waals surface area (Å²) < 4.78 is 5.27. The summed E-state index contributed by atoms with van der Waals surface area (Å²) in [5.41, 5.74) is 0. The minimum Gasteiger partial charge on any atom is -0.341 e. The Morgan fingerprint density at radius 1 is 1.39 bits per heavy atom. The highest BCUT2D eigenvalue weighted by Crippen LogP contribution is 2.22. The van der Waals surface area contributed by atoms with E-state index in [9.17, 15) is 9.59 Å². The first-order valence-corrected chi connectivity index (χ1v) is 10.2. The van der Waals surface area contributed by atoms with Gasteiger partial charge in [0.1, 0.15) is 0 Å². The number of rotatable bonds is 5. The molecule has 0 spiro atoms. The number of nitrogens with zero attached hydrogens (tertiary/aromatic N) is 4. The standard InChI is InChI=1S/C18H23N5O3S.ClH/c24-16(6-5-15-20-18(21-26-15)14-4-2-10-27-14)22-8-1-3-13(12-22)23-9-7-19-11-17(23)25;/h2,4,10,13,19H,1,3,5-9,11-12H2;1H. The van der Waals surface area contributed by atoms with Crippen LogP contribution in [0.3, 0.4) is 0 Å². The molecule has 2 aliphatic heterocycles. The molecule has 2 aromatic rings. The second kappa shape index (κ2) is 9.49. The van der Waals surface area contributed by atoms with Gasteiger partial charge in [-0.3, -0.25) is 9.59 Å². The van der Waals surface area contributed by atoms with E-state index >= 15 is 0 Å². The zero-order valence-electron chi connectivity index (χ0n) is 15.5. The van der Waals surface area contributed by atoms with Crippen LogP contribution >= 0.6 is 23.7 Å². The normalized spacial score (nSPS) is 20.1. The molecule has 0 saturated carbocycles. The average molecular weight is 426 g/mol. The van der Waals surface area contributed by atoms with Crippen molar-refractivity contribution in [3.63, 3.8) is 0 Å². The van der Waals surface area contributed by atoms with Crippen LogP contribution in [0.15, 0.2) is 22.0 Å². The third kappa shape index (κ3) is 4.71. The molecule has 0 aliphatic carbocycles. The van der Waals surface area contributed by atoms with Gasteiger partial charge < -0.3 is 19.6 Å². The number of aromatic nitrogens is 2. The third-order valence-corrected chi connectivity index (χ3v) is 5.94. The quantitative estimate of drug-likeness (QED) is 0.781. The highest BCUT2D eigenvalue weighted by molar-refractivity contribution is 7.13. The Bertz CT molecular complexity index is 797. The molecule has 1 unspecified atom stereocenters. The monoisotopic (exact) mass is 425 g/mol. The first-order valence-electron chi connectivity index (χ1n) is 9.35. The maximum atomic E-state index is 12.6. The van der Waals surface area contributed by atoms with E-state index in [0.29, 0.717) is 37.6 Å². The second-order valence-electron chi connectivity index (χ2n) is 6.89. The van der Waals surface area contributed by atoms with Crippen molar-refractivity contribution in [2.24, 2.45) is 0 Å². The molecular formula is C18H24ClN5O3S. The highest BCUT2D eigenvalue weighted by atomic mass is 35.5. The van der Waals surface area contributed by atoms with Crippen molar-refractivity contribution in [2.75, 3.05) is 32.7 Å². The predicted octanol–water partition coefficient (Wildman–Crippen LogP) is 1.58. The SMILES string of the molecule is Cl.O=C(CCc1nc(-c2cccs2)no1)N1CCCC(N2CCNCC2=O)C1. The first-order chi connectivity index (χ1) is 13.2. The summed E-state index contributed by atoms with van der Waals surface area (Å²) in [6, 6.07) is 4.01. The summed E-state index contributed by atoms with van der Waals surface area (Å²) in [4.78, 5) is 33.9. The average Bonchev–Trinajstić information content (AvgIpc) is 3.38. The Hall–Kier alpha value is -1.97. The lowest BCUT2D eigenvalue weighted by atomic mass is 10.0. The number of aryl methyl sites for hydroxylation is 1. The van der Waals surface area contributed by atoms with Crippen molar-refractivity contribution >= 4 is 35.6 Å². The van der Waals surface area contributed by atoms with Crippen LogP contribution in [0.2, 0.25) is 0 Å². The molecule has 28 heavy (non-hydrogen) atoms. The fourth-order valence-corrected chi connectivity index (χ4v) is 4.33. The molecule has 8 nitrogen and oxygen atoms in total. The molecule has 2 saturated heterocycles. The van der Waals surface area contributed by atoms with Gasteiger partial charge >= 0.3 is 0 Å². The molecule has 0 bridgehead atoms. The Balaban J connectivity index is 0.00000225. The maximum Gasteiger partial charge on any atom is 0.236 e. The van der Waals surface area contributed by atoms with Crippen LogP contribution < -0.4 is 5.32 Å². The van der Waals surface area contributed by atoms with Crippen molar-refractivity contribution in [3.05, 3.63) is 23.4 Å². The number of piperidine rings is 1. The lowest BCUT2D eigenvalue weighted by molar-refractivity contribution is -0.140. The molecule has 4 heterocycles. The Labute approximate surface area is 173 Å². The molecule has 152 valence electrons. The largest absolute Gasteiger partial charge is 0.341 e. The third-order valence-electron chi connectivity index (χ3n) is 5.08. The summed E-state index contributed by atoms with van der Waals surface area (Å²) >= 11 is 1.55. The number of hydrogen-bond donors (Lipinski definition) is 1. The topological polar surface area (TPSA) is 91.6 Å². The summed E-state index contributed by atoms with van der Waals surface area (Å²) in [7, 11) is 0. The van der Waals surface area contributed by atoms with Gasteiger partial charge in [0.2, 0.25) is 23.5 Å². The number of halogens is 1. The van der Waals surface area contributed by atoms with Crippen LogP contribution in [0.5, 0.6) is 0 Å². The molecular weight excluding hydrogens is 402 g/mol. The number of piperazine rings is 1. The Morgan fingerprint density at radius 3 is 3.07 bits per heavy atom. The smallest absolute Gasteiger partial charge is 0.236 e. The summed E-state index contributed by atoms with van der Waals surface area (Å²) in [5, 5.41) is 9.04. The molecule has 2 fully saturated rings. The highest BCUT2D eigenvalue weighted by Gasteiger charge is 2.31. The number of nitrogens with one attached hydrogen (secondary N) is 1. The summed E-state index contributed by atoms with van der Waals surface area (Å²) in [6.07, 6.45) is 2.67. The van der Waals surface area contributed by atoms with Gasteiger partial charge in [-0.05, 0) is 24.3 Å². The van der Waals surface area contributed by atoms with Crippen LogP contribution in [0.1, 0.15) is 25.2 Å². The molecule has 2 aromatic heterocycles. The molecule has 1 atom stereocenters. The zero-order chi connectivity index (χ0) is 18.6. The van der Waals surface area contributed by atoms with Crippen LogP contribution in [-0.2, 0) is 16.0 Å². The van der Waals surface area contributed by atoms with Gasteiger partial charge in [0.05, 0.1) is 11.4 Å². The molecule has 0 radical (unpaired) electrons. The molecule has 4 rings (SSSR count). The van der Waals surface area contributed by atoms with Gasteiger partial charge in [0, 0.05) is 45.1 Å². The summed E-state index contributed by atoms with van der Waals surface area (Å²) in [6.45, 7) is 3.31. The zero-order valence-corrected chi connectivity index (χ0v) is 17.1. The van der Waals surface area contributed by atoms with E-state index in [1.165, 1.54) is 0 Å². The summed E-state index contributed by atoms with van der Waals surface area (Å²) in [5.74, 6) is 1.27. The van der Waals surface area contributed by atoms with Gasteiger partial charge in [-0.25, -0.2) is 0 Å². The molecule has 0 aromatic carbocycles. The van der Waals surface area contributed by atoms with Crippen molar-refractivity contribution in [3.8, 4) is 10.7 Å². The lowest BCUT2D eigenvalue weighted by Crippen LogP contribution is -2.57. The number of likely N-dealkylation sites (tertiary alicyclic amines) is 1. The van der Waals surface area contributed by atoms with Crippen LogP contribution in [-0.4, -0.2) is 70.5 Å². The van der Waals surface area contributed by atoms with Crippen molar-refractivity contribution in [1.29, 1.82) is 0 Å². The number of carbonyl (C=O) groups is 2. The number of thiophene rings is 1.